The standard InChI is InChI=1S/C24H26FIN4O2/c1-29-14-28-20-9-16(8-15-5-6-17(26)10-19(15)25)18(11-21(20)29)23(31)30-12-24(32,13-30)22-4-2-3-7-27-22/h5-6,9-11,14,22,27,32H,2-4,7-8,12-13H2,1H3. The normalized spacial score (nSPS) is 20.4. The molecule has 0 radical (unpaired) electrons. The van der Waals surface area contributed by atoms with Gasteiger partial charge in [-0.2, -0.15) is 0 Å². The number of imidazole rings is 1. The van der Waals surface area contributed by atoms with E-state index in [9.17, 15) is 14.3 Å². The number of rotatable bonds is 4. The summed E-state index contributed by atoms with van der Waals surface area (Å²) < 4.78 is 17.3. The number of nitrogens with one attached hydrogen (secondary N) is 1. The lowest BCUT2D eigenvalue weighted by Crippen LogP contribution is -2.72. The zero-order chi connectivity index (χ0) is 22.5. The number of piperidine rings is 1. The molecule has 1 atom stereocenters. The molecule has 168 valence electrons. The second-order valence-electron chi connectivity index (χ2n) is 9.03. The maximum atomic E-state index is 14.6. The van der Waals surface area contributed by atoms with Crippen LogP contribution in [0.2, 0.25) is 0 Å². The second-order valence-corrected chi connectivity index (χ2v) is 10.3. The highest BCUT2D eigenvalue weighted by molar-refractivity contribution is 14.1. The quantitative estimate of drug-likeness (QED) is 0.492. The first-order chi connectivity index (χ1) is 15.3. The molecule has 2 aromatic carbocycles. The fraction of sp³-hybridized carbons (Fsp3) is 0.417. The van der Waals surface area contributed by atoms with Crippen molar-refractivity contribution in [2.75, 3.05) is 19.6 Å². The van der Waals surface area contributed by atoms with Crippen LogP contribution in [0.4, 0.5) is 4.39 Å². The Kier molecular flexibility index (Phi) is 5.71. The van der Waals surface area contributed by atoms with Crippen molar-refractivity contribution in [3.05, 3.63) is 62.7 Å². The maximum Gasteiger partial charge on any atom is 0.254 e. The van der Waals surface area contributed by atoms with Crippen LogP contribution < -0.4 is 5.32 Å². The third-order valence-electron chi connectivity index (χ3n) is 6.75. The molecule has 5 rings (SSSR count). The molecule has 0 bridgehead atoms. The molecule has 2 saturated heterocycles. The minimum Gasteiger partial charge on any atom is -0.385 e. The molecule has 32 heavy (non-hydrogen) atoms. The van der Waals surface area contributed by atoms with Gasteiger partial charge in [-0.1, -0.05) is 12.5 Å². The second kappa shape index (κ2) is 8.39. The number of likely N-dealkylation sites (tertiary alicyclic amines) is 1. The van der Waals surface area contributed by atoms with Crippen molar-refractivity contribution in [3.63, 3.8) is 0 Å². The number of nitrogens with zero attached hydrogens (tertiary/aromatic N) is 3. The number of amides is 1. The average molecular weight is 548 g/mol. The molecule has 1 amide bonds. The minimum atomic E-state index is -0.880. The molecule has 1 unspecified atom stereocenters. The molecule has 8 heteroatoms. The lowest BCUT2D eigenvalue weighted by atomic mass is 9.81. The predicted molar refractivity (Wildman–Crippen MR) is 129 cm³/mol. The predicted octanol–water partition coefficient (Wildman–Crippen LogP) is 3.24. The van der Waals surface area contributed by atoms with Crippen molar-refractivity contribution >= 4 is 39.5 Å². The number of carbonyl (C=O) groups is 1. The van der Waals surface area contributed by atoms with Gasteiger partial charge in [-0.05, 0) is 77.4 Å². The minimum absolute atomic E-state index is 0.0280. The number of fused-ring (bicyclic) bond motifs is 1. The van der Waals surface area contributed by atoms with Crippen LogP contribution in [0.1, 0.15) is 40.7 Å². The van der Waals surface area contributed by atoms with E-state index in [-0.39, 0.29) is 17.8 Å². The number of hydrogen-bond acceptors (Lipinski definition) is 4. The highest BCUT2D eigenvalue weighted by Gasteiger charge is 2.49. The highest BCUT2D eigenvalue weighted by Crippen LogP contribution is 2.32. The largest absolute Gasteiger partial charge is 0.385 e. The molecule has 2 aliphatic heterocycles. The average Bonchev–Trinajstić information content (AvgIpc) is 3.12. The Hall–Kier alpha value is -2.04. The molecule has 6 nitrogen and oxygen atoms in total. The van der Waals surface area contributed by atoms with Crippen LogP contribution in [0.25, 0.3) is 11.0 Å². The van der Waals surface area contributed by atoms with Gasteiger partial charge in [-0.25, -0.2) is 9.37 Å². The van der Waals surface area contributed by atoms with Crippen LogP contribution in [0, 0.1) is 9.39 Å². The number of aliphatic hydroxyl groups is 1. The van der Waals surface area contributed by atoms with E-state index in [1.54, 1.807) is 17.3 Å². The number of β-amino-alcohol motifs (C(OH)–C–C–N with tert-alkyl or cyclic N) is 1. The topological polar surface area (TPSA) is 70.4 Å². The van der Waals surface area contributed by atoms with E-state index in [0.29, 0.717) is 30.6 Å². The highest BCUT2D eigenvalue weighted by atomic mass is 127. The summed E-state index contributed by atoms with van der Waals surface area (Å²) in [5, 5.41) is 14.4. The van der Waals surface area contributed by atoms with Gasteiger partial charge in [0.25, 0.3) is 5.91 Å². The fourth-order valence-corrected chi connectivity index (χ4v) is 5.35. The Morgan fingerprint density at radius 3 is 2.81 bits per heavy atom. The maximum absolute atomic E-state index is 14.6. The Morgan fingerprint density at radius 1 is 1.28 bits per heavy atom. The fourth-order valence-electron chi connectivity index (χ4n) is 4.89. The monoisotopic (exact) mass is 548 g/mol. The lowest BCUT2D eigenvalue weighted by Gasteiger charge is -2.51. The number of carbonyl (C=O) groups excluding carboxylic acids is 1. The van der Waals surface area contributed by atoms with Gasteiger partial charge in [0.05, 0.1) is 30.5 Å². The number of aryl methyl sites for hydroxylation is 1. The molecule has 1 aromatic heterocycles. The number of hydrogen-bond donors (Lipinski definition) is 2. The number of benzene rings is 2. The molecular weight excluding hydrogens is 522 g/mol. The zero-order valence-corrected chi connectivity index (χ0v) is 20.1. The summed E-state index contributed by atoms with van der Waals surface area (Å²) in [6, 6.07) is 8.90. The number of halogens is 2. The Bertz CT molecular complexity index is 1180. The van der Waals surface area contributed by atoms with Crippen molar-refractivity contribution in [2.24, 2.45) is 7.05 Å². The van der Waals surface area contributed by atoms with Crippen molar-refractivity contribution in [3.8, 4) is 0 Å². The molecule has 0 spiro atoms. The number of aromatic nitrogens is 2. The van der Waals surface area contributed by atoms with E-state index < -0.39 is 5.60 Å². The van der Waals surface area contributed by atoms with Crippen molar-refractivity contribution in [1.29, 1.82) is 0 Å². The summed E-state index contributed by atoms with van der Waals surface area (Å²) in [7, 11) is 1.89. The summed E-state index contributed by atoms with van der Waals surface area (Å²) in [6.45, 7) is 1.53. The van der Waals surface area contributed by atoms with Gasteiger partial charge in [0.2, 0.25) is 0 Å². The van der Waals surface area contributed by atoms with Crippen molar-refractivity contribution in [1.82, 2.24) is 19.8 Å². The molecule has 2 aliphatic rings. The van der Waals surface area contributed by atoms with Gasteiger partial charge in [-0.15, -0.1) is 0 Å². The van der Waals surface area contributed by atoms with Crippen LogP contribution in [0.5, 0.6) is 0 Å². The smallest absolute Gasteiger partial charge is 0.254 e. The van der Waals surface area contributed by atoms with Crippen LogP contribution in [-0.4, -0.2) is 56.7 Å². The summed E-state index contributed by atoms with van der Waals surface area (Å²) in [6.07, 6.45) is 5.16. The molecule has 3 aromatic rings. The van der Waals surface area contributed by atoms with E-state index in [2.05, 4.69) is 32.9 Å². The Balaban J connectivity index is 1.45. The third-order valence-corrected chi connectivity index (χ3v) is 7.42. The molecule has 2 fully saturated rings. The van der Waals surface area contributed by atoms with Crippen LogP contribution in [0.3, 0.4) is 0 Å². The van der Waals surface area contributed by atoms with Crippen molar-refractivity contribution in [2.45, 2.75) is 37.3 Å². The van der Waals surface area contributed by atoms with E-state index in [1.165, 1.54) is 6.07 Å². The van der Waals surface area contributed by atoms with Crippen molar-refractivity contribution < 1.29 is 14.3 Å². The van der Waals surface area contributed by atoms with Gasteiger partial charge in [-0.3, -0.25) is 4.79 Å². The van der Waals surface area contributed by atoms with Crippen LogP contribution in [0.15, 0.2) is 36.7 Å². The first-order valence-electron chi connectivity index (χ1n) is 11.0. The van der Waals surface area contributed by atoms with Gasteiger partial charge in [0.1, 0.15) is 11.4 Å². The molecule has 2 N–H and O–H groups in total. The molecular formula is C24H26FIN4O2. The van der Waals surface area contributed by atoms with Gasteiger partial charge in [0.15, 0.2) is 0 Å². The summed E-state index contributed by atoms with van der Waals surface area (Å²) in [5.74, 6) is -0.410. The molecule has 0 saturated carbocycles. The SMILES string of the molecule is Cn1cnc2cc(Cc3ccc(I)cc3F)c(C(=O)N3CC(O)(C4CCCCN4)C3)cc21. The third kappa shape index (κ3) is 3.92. The van der Waals surface area contributed by atoms with E-state index >= 15 is 0 Å². The Morgan fingerprint density at radius 2 is 2.09 bits per heavy atom. The molecule has 3 heterocycles. The Labute approximate surface area is 200 Å². The van der Waals surface area contributed by atoms with Gasteiger partial charge < -0.3 is 19.9 Å². The van der Waals surface area contributed by atoms with Crippen LogP contribution >= 0.6 is 22.6 Å². The summed E-state index contributed by atoms with van der Waals surface area (Å²) in [4.78, 5) is 19.6. The lowest BCUT2D eigenvalue weighted by molar-refractivity contribution is -0.108. The first-order valence-corrected chi connectivity index (χ1v) is 12.0. The van der Waals surface area contributed by atoms with Crippen LogP contribution in [-0.2, 0) is 13.5 Å². The molecule has 0 aliphatic carbocycles. The van der Waals surface area contributed by atoms with Gasteiger partial charge >= 0.3 is 0 Å². The summed E-state index contributed by atoms with van der Waals surface area (Å²) in [5.41, 5.74) is 2.57. The van der Waals surface area contributed by atoms with E-state index in [0.717, 1.165) is 46.0 Å². The first kappa shape index (κ1) is 21.8. The van der Waals surface area contributed by atoms with E-state index in [1.807, 2.05) is 29.8 Å². The van der Waals surface area contributed by atoms with Gasteiger partial charge in [0, 0.05) is 28.6 Å². The van der Waals surface area contributed by atoms with E-state index in [4.69, 9.17) is 0 Å². The summed E-state index contributed by atoms with van der Waals surface area (Å²) >= 11 is 2.08. The zero-order valence-electron chi connectivity index (χ0n) is 17.9.